The fourth-order valence-electron chi connectivity index (χ4n) is 0.901. The highest BCUT2D eigenvalue weighted by molar-refractivity contribution is 4.91. The number of aliphatic hydroxyl groups is 1. The summed E-state index contributed by atoms with van der Waals surface area (Å²) in [4.78, 5) is 0. The Labute approximate surface area is 78.4 Å². The second-order valence-electron chi connectivity index (χ2n) is 2.55. The summed E-state index contributed by atoms with van der Waals surface area (Å²) in [5.74, 6) is 0. The van der Waals surface area contributed by atoms with E-state index < -0.39 is 12.5 Å². The van der Waals surface area contributed by atoms with Crippen LogP contribution >= 0.6 is 0 Å². The third-order valence-corrected chi connectivity index (χ3v) is 1.64. The summed E-state index contributed by atoms with van der Waals surface area (Å²) < 4.78 is 0. The molecule has 0 saturated carbocycles. The average Bonchev–Trinajstić information content (AvgIpc) is 2.06. The number of nitrogens with two attached hydrogens (primary N) is 2. The maximum atomic E-state index is 9.22. The number of hydrogen-bond acceptors (Lipinski definition) is 6. The molecule has 0 rings (SSSR count). The molecular weight excluding hydrogens is 170 g/mol. The van der Waals surface area contributed by atoms with Crippen molar-refractivity contribution in [2.45, 2.75) is 18.6 Å². The quantitative estimate of drug-likeness (QED) is 0.194. The Hall–Kier alpha value is -0.500. The monoisotopic (exact) mass is 189 g/mol. The molecule has 13 heavy (non-hydrogen) atoms. The Balaban J connectivity index is 3.82. The van der Waals surface area contributed by atoms with Crippen LogP contribution in [0.1, 0.15) is 0 Å². The SMILES string of the molecule is C=CC(NC)C(N)NC(O)NCN. The molecule has 0 aliphatic carbocycles. The molecule has 0 fully saturated rings. The molecule has 6 heteroatoms. The van der Waals surface area contributed by atoms with Crippen LogP contribution in [0.15, 0.2) is 12.7 Å². The van der Waals surface area contributed by atoms with Gasteiger partial charge in [-0.05, 0) is 7.05 Å². The van der Waals surface area contributed by atoms with Gasteiger partial charge in [-0.15, -0.1) is 6.58 Å². The van der Waals surface area contributed by atoms with Gasteiger partial charge in [0, 0.05) is 6.67 Å². The zero-order valence-electron chi connectivity index (χ0n) is 7.83. The number of hydrogen-bond donors (Lipinski definition) is 6. The molecule has 3 atom stereocenters. The predicted octanol–water partition coefficient (Wildman–Crippen LogP) is -2.58. The van der Waals surface area contributed by atoms with Gasteiger partial charge in [-0.1, -0.05) is 6.08 Å². The molecule has 8 N–H and O–H groups in total. The summed E-state index contributed by atoms with van der Waals surface area (Å²) in [6.07, 6.45) is 0.333. The van der Waals surface area contributed by atoms with Gasteiger partial charge in [0.2, 0.25) is 0 Å². The Morgan fingerprint density at radius 2 is 2.23 bits per heavy atom. The number of rotatable bonds is 7. The topological polar surface area (TPSA) is 108 Å². The smallest absolute Gasteiger partial charge is 0.162 e. The molecule has 0 aliphatic rings. The van der Waals surface area contributed by atoms with Crippen LogP contribution in [-0.2, 0) is 0 Å². The molecule has 6 nitrogen and oxygen atoms in total. The number of nitrogens with one attached hydrogen (secondary N) is 3. The first-order valence-corrected chi connectivity index (χ1v) is 4.08. The normalized spacial score (nSPS) is 17.8. The summed E-state index contributed by atoms with van der Waals surface area (Å²) in [5, 5.41) is 17.4. The van der Waals surface area contributed by atoms with Gasteiger partial charge in [0.15, 0.2) is 6.35 Å². The van der Waals surface area contributed by atoms with Crippen molar-refractivity contribution in [1.82, 2.24) is 16.0 Å². The third-order valence-electron chi connectivity index (χ3n) is 1.64. The lowest BCUT2D eigenvalue weighted by atomic mass is 10.2. The van der Waals surface area contributed by atoms with Crippen molar-refractivity contribution >= 4 is 0 Å². The molecule has 0 heterocycles. The van der Waals surface area contributed by atoms with Crippen molar-refractivity contribution in [2.24, 2.45) is 11.5 Å². The predicted molar refractivity (Wildman–Crippen MR) is 52.4 cm³/mol. The minimum atomic E-state index is -0.907. The Bertz CT molecular complexity index is 143. The van der Waals surface area contributed by atoms with E-state index in [4.69, 9.17) is 11.5 Å². The number of likely N-dealkylation sites (N-methyl/N-ethyl adjacent to an activating group) is 1. The molecule has 0 aromatic rings. The Morgan fingerprint density at radius 1 is 1.62 bits per heavy atom. The van der Waals surface area contributed by atoms with Gasteiger partial charge in [0.25, 0.3) is 0 Å². The van der Waals surface area contributed by atoms with Crippen LogP contribution in [-0.4, -0.2) is 37.4 Å². The fraction of sp³-hybridized carbons (Fsp3) is 0.714. The van der Waals surface area contributed by atoms with Gasteiger partial charge in [0.05, 0.1) is 12.2 Å². The van der Waals surface area contributed by atoms with Crippen LogP contribution in [0.2, 0.25) is 0 Å². The van der Waals surface area contributed by atoms with Crippen molar-refractivity contribution in [3.63, 3.8) is 0 Å². The van der Waals surface area contributed by atoms with Gasteiger partial charge in [-0.25, -0.2) is 0 Å². The lowest BCUT2D eigenvalue weighted by Crippen LogP contribution is -2.58. The van der Waals surface area contributed by atoms with Gasteiger partial charge >= 0.3 is 0 Å². The van der Waals surface area contributed by atoms with Gasteiger partial charge in [-0.2, -0.15) is 0 Å². The zero-order chi connectivity index (χ0) is 10.3. The van der Waals surface area contributed by atoms with Crippen molar-refractivity contribution < 1.29 is 5.11 Å². The lowest BCUT2D eigenvalue weighted by Gasteiger charge is -2.24. The van der Waals surface area contributed by atoms with E-state index in [1.54, 1.807) is 13.1 Å². The summed E-state index contributed by atoms with van der Waals surface area (Å²) in [6, 6.07) is -0.103. The first kappa shape index (κ1) is 12.5. The summed E-state index contributed by atoms with van der Waals surface area (Å²) in [5.41, 5.74) is 10.8. The van der Waals surface area contributed by atoms with E-state index in [-0.39, 0.29) is 12.7 Å². The van der Waals surface area contributed by atoms with E-state index in [1.165, 1.54) is 0 Å². The molecule has 0 aromatic carbocycles. The van der Waals surface area contributed by atoms with Crippen LogP contribution < -0.4 is 27.4 Å². The summed E-state index contributed by atoms with van der Waals surface area (Å²) in [6.45, 7) is 3.78. The minimum absolute atomic E-state index is 0.103. The van der Waals surface area contributed by atoms with E-state index in [9.17, 15) is 5.11 Å². The fourth-order valence-corrected chi connectivity index (χ4v) is 0.901. The standard InChI is InChI=1S/C7H19N5O/c1-3-5(10-2)6(9)12-7(13)11-4-8/h3,5-7,10-13H,1,4,8-9H2,2H3. The summed E-state index contributed by atoms with van der Waals surface area (Å²) >= 11 is 0. The van der Waals surface area contributed by atoms with Gasteiger partial charge in [0.1, 0.15) is 0 Å². The highest BCUT2D eigenvalue weighted by Crippen LogP contribution is 1.87. The molecular formula is C7H19N5O. The van der Waals surface area contributed by atoms with Crippen molar-refractivity contribution in [3.05, 3.63) is 12.7 Å². The molecule has 0 amide bonds. The second-order valence-corrected chi connectivity index (χ2v) is 2.55. The average molecular weight is 189 g/mol. The molecule has 0 saturated heterocycles. The maximum Gasteiger partial charge on any atom is 0.162 e. The second kappa shape index (κ2) is 6.96. The van der Waals surface area contributed by atoms with Crippen molar-refractivity contribution in [1.29, 1.82) is 0 Å². The summed E-state index contributed by atoms with van der Waals surface area (Å²) in [7, 11) is 1.76. The Kier molecular flexibility index (Phi) is 6.69. The van der Waals surface area contributed by atoms with Crippen LogP contribution in [0.3, 0.4) is 0 Å². The maximum absolute atomic E-state index is 9.22. The largest absolute Gasteiger partial charge is 0.365 e. The molecule has 0 bridgehead atoms. The van der Waals surface area contributed by atoms with Crippen LogP contribution in [0.5, 0.6) is 0 Å². The zero-order valence-corrected chi connectivity index (χ0v) is 7.83. The van der Waals surface area contributed by atoms with Crippen LogP contribution in [0, 0.1) is 0 Å². The van der Waals surface area contributed by atoms with Gasteiger partial charge in [-0.3, -0.25) is 10.6 Å². The first-order valence-electron chi connectivity index (χ1n) is 4.08. The van der Waals surface area contributed by atoms with E-state index >= 15 is 0 Å². The van der Waals surface area contributed by atoms with Crippen LogP contribution in [0.25, 0.3) is 0 Å². The molecule has 0 aromatic heterocycles. The van der Waals surface area contributed by atoms with Gasteiger partial charge < -0.3 is 21.9 Å². The van der Waals surface area contributed by atoms with E-state index in [2.05, 4.69) is 22.5 Å². The molecule has 78 valence electrons. The molecule has 3 unspecified atom stereocenters. The van der Waals surface area contributed by atoms with Crippen molar-refractivity contribution in [2.75, 3.05) is 13.7 Å². The third kappa shape index (κ3) is 4.94. The van der Waals surface area contributed by atoms with E-state index in [0.717, 1.165) is 0 Å². The Morgan fingerprint density at radius 3 is 2.62 bits per heavy atom. The first-order chi connectivity index (χ1) is 6.15. The van der Waals surface area contributed by atoms with Crippen LogP contribution in [0.4, 0.5) is 0 Å². The highest BCUT2D eigenvalue weighted by Gasteiger charge is 2.14. The van der Waals surface area contributed by atoms with E-state index in [1.807, 2.05) is 0 Å². The highest BCUT2D eigenvalue weighted by atomic mass is 16.3. The number of aliphatic hydroxyl groups excluding tert-OH is 1. The molecule has 0 spiro atoms. The van der Waals surface area contributed by atoms with Crippen molar-refractivity contribution in [3.8, 4) is 0 Å². The molecule has 0 aliphatic heterocycles. The molecule has 0 radical (unpaired) electrons. The lowest BCUT2D eigenvalue weighted by molar-refractivity contribution is 0.0863. The minimum Gasteiger partial charge on any atom is -0.365 e. The van der Waals surface area contributed by atoms with E-state index in [0.29, 0.717) is 0 Å².